The number of hydrogen-bond acceptors (Lipinski definition) is 4. The summed E-state index contributed by atoms with van der Waals surface area (Å²) in [4.78, 5) is 6.37. The van der Waals surface area contributed by atoms with E-state index in [1.807, 2.05) is 0 Å². The second kappa shape index (κ2) is 9.02. The summed E-state index contributed by atoms with van der Waals surface area (Å²) in [5.74, 6) is 0.581. The summed E-state index contributed by atoms with van der Waals surface area (Å²) >= 11 is 1.30. The van der Waals surface area contributed by atoms with E-state index in [1.165, 1.54) is 29.3 Å². The van der Waals surface area contributed by atoms with Gasteiger partial charge in [-0.1, -0.05) is 18.3 Å². The van der Waals surface area contributed by atoms with Gasteiger partial charge in [0.1, 0.15) is 17.2 Å². The number of guanidine groups is 1. The minimum Gasteiger partial charge on any atom is -0.341 e. The van der Waals surface area contributed by atoms with Gasteiger partial charge in [-0.15, -0.1) is 0 Å². The van der Waals surface area contributed by atoms with Crippen molar-refractivity contribution < 1.29 is 3.89 Å². The summed E-state index contributed by atoms with van der Waals surface area (Å²) in [5.41, 5.74) is 0. The molecule has 0 bridgehead atoms. The highest BCUT2D eigenvalue weighted by molar-refractivity contribution is 8.13. The zero-order valence-corrected chi connectivity index (χ0v) is 13.4. The number of aliphatic imine (C=N–C) groups is 1. The average molecular weight is 317 g/mol. The molecule has 0 aliphatic carbocycles. The van der Waals surface area contributed by atoms with Crippen LogP contribution in [0.25, 0.3) is 0 Å². The number of halogens is 1. The minimum atomic E-state index is 0.0448. The van der Waals surface area contributed by atoms with Crippen molar-refractivity contribution in [3.05, 3.63) is 12.7 Å². The van der Waals surface area contributed by atoms with E-state index in [4.69, 9.17) is 5.41 Å². The minimum absolute atomic E-state index is 0.0448. The topological polar surface area (TPSA) is 55.1 Å². The molecule has 0 radical (unpaired) electrons. The molecule has 0 aromatic heterocycles. The van der Waals surface area contributed by atoms with E-state index in [-0.39, 0.29) is 22.4 Å². The third-order valence-electron chi connectivity index (χ3n) is 2.83. The molecule has 0 aromatic rings. The fraction of sp³-hybridized carbons (Fsp3) is 0.583. The highest BCUT2D eigenvalue weighted by Crippen LogP contribution is 2.14. The molecule has 1 saturated heterocycles. The molecule has 0 spiro atoms. The van der Waals surface area contributed by atoms with Crippen LogP contribution in [0, 0.1) is 5.41 Å². The number of amidine groups is 1. The van der Waals surface area contributed by atoms with E-state index >= 15 is 0 Å². The third kappa shape index (κ3) is 5.16. The first-order chi connectivity index (χ1) is 9.62. The zero-order chi connectivity index (χ0) is 15.0. The normalized spacial score (nSPS) is 17.1. The van der Waals surface area contributed by atoms with Crippen LogP contribution in [0.5, 0.6) is 0 Å². The molecule has 0 saturated carbocycles. The van der Waals surface area contributed by atoms with E-state index in [9.17, 15) is 3.89 Å². The van der Waals surface area contributed by atoms with E-state index in [0.717, 1.165) is 25.9 Å². The summed E-state index contributed by atoms with van der Waals surface area (Å²) < 4.78 is 12.6. The van der Waals surface area contributed by atoms with E-state index < -0.39 is 0 Å². The van der Waals surface area contributed by atoms with Gasteiger partial charge in [0.15, 0.2) is 5.17 Å². The number of hydrogen-bond donors (Lipinski definition) is 1. The number of nitrogens with one attached hydrogen (secondary N) is 1. The predicted molar refractivity (Wildman–Crippen MR) is 88.2 cm³/mol. The number of hydrazone groups is 1. The van der Waals surface area contributed by atoms with Crippen LogP contribution >= 0.6 is 23.9 Å². The number of piperidine rings is 1. The Morgan fingerprint density at radius 2 is 2.05 bits per heavy atom. The van der Waals surface area contributed by atoms with Gasteiger partial charge in [-0.3, -0.25) is 5.41 Å². The van der Waals surface area contributed by atoms with Crippen molar-refractivity contribution in [2.24, 2.45) is 10.1 Å². The fourth-order valence-corrected chi connectivity index (χ4v) is 2.25. The molecule has 5 nitrogen and oxygen atoms in total. The Morgan fingerprint density at radius 1 is 1.40 bits per heavy atom. The van der Waals surface area contributed by atoms with Crippen LogP contribution in [0.1, 0.15) is 19.3 Å². The molecular weight excluding hydrogens is 297 g/mol. The summed E-state index contributed by atoms with van der Waals surface area (Å²) in [7, 11) is 1.71. The van der Waals surface area contributed by atoms with Crippen molar-refractivity contribution in [3.8, 4) is 0 Å². The van der Waals surface area contributed by atoms with Crippen molar-refractivity contribution in [2.75, 3.05) is 26.4 Å². The van der Waals surface area contributed by atoms with Gasteiger partial charge in [0, 0.05) is 20.1 Å². The number of thioether (sulfide) groups is 1. The van der Waals surface area contributed by atoms with Gasteiger partial charge in [-0.05, 0) is 31.6 Å². The van der Waals surface area contributed by atoms with E-state index in [2.05, 4.69) is 21.6 Å². The standard InChI is InChI=1S/C12H20FN5S2/c1-4-10(20-13)16-17(2)12(15-11(14)19-3)18-8-6-5-7-9-18/h4,14H,1,5-9H2,2-3H3/b14-11?,15-12+,16-10+. The molecule has 0 aromatic carbocycles. The molecule has 1 N–H and O–H groups in total. The van der Waals surface area contributed by atoms with Crippen LogP contribution in [0.15, 0.2) is 22.7 Å². The van der Waals surface area contributed by atoms with Gasteiger partial charge in [0.25, 0.3) is 0 Å². The molecule has 8 heteroatoms. The SMILES string of the molecule is C=C/C(=N\N(C)/C(=N\C(=N)SC)N1CCCCC1)SF. The van der Waals surface area contributed by atoms with Crippen LogP contribution in [-0.2, 0) is 0 Å². The zero-order valence-electron chi connectivity index (χ0n) is 11.8. The van der Waals surface area contributed by atoms with E-state index in [0.29, 0.717) is 5.96 Å². The largest absolute Gasteiger partial charge is 0.341 e. The van der Waals surface area contributed by atoms with Gasteiger partial charge < -0.3 is 4.90 Å². The van der Waals surface area contributed by atoms with Gasteiger partial charge in [-0.25, -0.2) is 5.01 Å². The molecule has 1 fully saturated rings. The van der Waals surface area contributed by atoms with Crippen LogP contribution in [0.2, 0.25) is 0 Å². The third-order valence-corrected chi connectivity index (χ3v) is 3.71. The lowest BCUT2D eigenvalue weighted by Gasteiger charge is -2.32. The number of rotatable bonds is 2. The lowest BCUT2D eigenvalue weighted by atomic mass is 10.1. The first kappa shape index (κ1) is 17.0. The van der Waals surface area contributed by atoms with Crippen molar-refractivity contribution >= 4 is 40.1 Å². The Bertz CT molecular complexity index is 405. The van der Waals surface area contributed by atoms with Crippen LogP contribution < -0.4 is 0 Å². The highest BCUT2D eigenvalue weighted by Gasteiger charge is 2.19. The highest BCUT2D eigenvalue weighted by atomic mass is 32.2. The summed E-state index contributed by atoms with van der Waals surface area (Å²) in [6, 6.07) is 0. The number of nitrogens with zero attached hydrogens (tertiary/aromatic N) is 4. The Morgan fingerprint density at radius 3 is 2.55 bits per heavy atom. The maximum absolute atomic E-state index is 12.6. The lowest BCUT2D eigenvalue weighted by Crippen LogP contribution is -2.43. The van der Waals surface area contributed by atoms with Crippen molar-refractivity contribution in [1.29, 1.82) is 5.41 Å². The Kier molecular flexibility index (Phi) is 7.68. The van der Waals surface area contributed by atoms with E-state index in [1.54, 1.807) is 13.3 Å². The summed E-state index contributed by atoms with van der Waals surface area (Å²) in [6.45, 7) is 5.28. The van der Waals surface area contributed by atoms with Gasteiger partial charge in [0.2, 0.25) is 5.96 Å². The first-order valence-corrected chi connectivity index (χ1v) is 8.26. The Hall–Kier alpha value is -1.02. The quantitative estimate of drug-likeness (QED) is 0.483. The predicted octanol–water partition coefficient (Wildman–Crippen LogP) is 3.18. The molecule has 20 heavy (non-hydrogen) atoms. The van der Waals surface area contributed by atoms with Crippen LogP contribution in [0.4, 0.5) is 3.89 Å². The monoisotopic (exact) mass is 317 g/mol. The molecule has 0 amide bonds. The van der Waals surface area contributed by atoms with Gasteiger partial charge in [-0.2, -0.15) is 14.0 Å². The summed E-state index contributed by atoms with van der Waals surface area (Å²) in [5, 5.41) is 13.7. The molecule has 0 unspecified atom stereocenters. The maximum atomic E-state index is 12.6. The second-order valence-electron chi connectivity index (χ2n) is 4.21. The first-order valence-electron chi connectivity index (χ1n) is 6.32. The Balaban J connectivity index is 2.97. The maximum Gasteiger partial charge on any atom is 0.224 e. The molecule has 112 valence electrons. The molecule has 1 heterocycles. The van der Waals surface area contributed by atoms with Crippen molar-refractivity contribution in [2.45, 2.75) is 19.3 Å². The average Bonchev–Trinajstić information content (AvgIpc) is 2.50. The second-order valence-corrected chi connectivity index (χ2v) is 5.58. The summed E-state index contributed by atoms with van der Waals surface area (Å²) in [6.07, 6.45) is 6.55. The lowest BCUT2D eigenvalue weighted by molar-refractivity contribution is 0.301. The number of likely N-dealkylation sites (tertiary alicyclic amines) is 1. The molecular formula is C12H20FN5S2. The molecule has 0 atom stereocenters. The molecule has 1 rings (SSSR count). The molecule has 1 aliphatic heterocycles. The van der Waals surface area contributed by atoms with Gasteiger partial charge >= 0.3 is 0 Å². The van der Waals surface area contributed by atoms with Crippen molar-refractivity contribution in [3.63, 3.8) is 0 Å². The van der Waals surface area contributed by atoms with Crippen LogP contribution in [0.3, 0.4) is 0 Å². The van der Waals surface area contributed by atoms with Crippen molar-refractivity contribution in [1.82, 2.24) is 9.91 Å². The molecule has 1 aliphatic rings. The van der Waals surface area contributed by atoms with Crippen LogP contribution in [-0.4, -0.2) is 52.5 Å². The Labute approximate surface area is 128 Å². The smallest absolute Gasteiger partial charge is 0.224 e. The fourth-order valence-electron chi connectivity index (χ4n) is 1.86. The van der Waals surface area contributed by atoms with Gasteiger partial charge in [0.05, 0.1) is 0 Å².